The van der Waals surface area contributed by atoms with E-state index in [0.29, 0.717) is 35.9 Å². The Labute approximate surface area is 199 Å². The number of carbonyl (C=O) groups is 2. The predicted octanol–water partition coefficient (Wildman–Crippen LogP) is 4.51. The Kier molecular flexibility index (Phi) is 6.85. The van der Waals surface area contributed by atoms with Crippen LogP contribution in [0.3, 0.4) is 0 Å². The van der Waals surface area contributed by atoms with Gasteiger partial charge in [-0.3, -0.25) is 9.59 Å². The van der Waals surface area contributed by atoms with E-state index < -0.39 is 15.9 Å². The van der Waals surface area contributed by atoms with Crippen molar-refractivity contribution in [2.24, 2.45) is 5.92 Å². The molecule has 1 aliphatic rings. The van der Waals surface area contributed by atoms with Gasteiger partial charge in [-0.05, 0) is 79.8 Å². The van der Waals surface area contributed by atoms with Gasteiger partial charge in [0, 0.05) is 30.0 Å². The molecule has 8 nitrogen and oxygen atoms in total. The molecule has 1 saturated heterocycles. The minimum absolute atomic E-state index is 0.170. The van der Waals surface area contributed by atoms with Gasteiger partial charge in [0.05, 0.1) is 11.2 Å². The van der Waals surface area contributed by atoms with Crippen molar-refractivity contribution in [3.8, 4) is 0 Å². The molecule has 1 aliphatic heterocycles. The number of piperidine rings is 1. The van der Waals surface area contributed by atoms with E-state index in [9.17, 15) is 18.0 Å². The molecule has 0 saturated carbocycles. The van der Waals surface area contributed by atoms with Crippen LogP contribution in [0, 0.1) is 12.8 Å². The zero-order chi connectivity index (χ0) is 24.3. The average molecular weight is 482 g/mol. The molecule has 0 radical (unpaired) electrons. The summed E-state index contributed by atoms with van der Waals surface area (Å²) in [5.74, 6) is -0.0899. The molecule has 1 fully saturated rings. The van der Waals surface area contributed by atoms with Crippen LogP contribution in [0.25, 0.3) is 0 Å². The number of furan rings is 1. The fraction of sp³-hybridized carbons (Fsp3) is 0.280. The summed E-state index contributed by atoms with van der Waals surface area (Å²) in [7, 11) is -3.55. The molecular weight excluding hydrogens is 454 g/mol. The fourth-order valence-corrected chi connectivity index (χ4v) is 5.25. The van der Waals surface area contributed by atoms with Crippen LogP contribution >= 0.6 is 0 Å². The van der Waals surface area contributed by atoms with Crippen molar-refractivity contribution >= 4 is 33.2 Å². The molecule has 2 amide bonds. The first-order valence-corrected chi connectivity index (χ1v) is 12.5. The number of hydrogen-bond acceptors (Lipinski definition) is 5. The summed E-state index contributed by atoms with van der Waals surface area (Å²) in [5, 5.41) is 5.52. The highest BCUT2D eigenvalue weighted by molar-refractivity contribution is 7.89. The average Bonchev–Trinajstić information content (AvgIpc) is 3.36. The molecule has 0 atom stereocenters. The van der Waals surface area contributed by atoms with Crippen LogP contribution in [0.15, 0.2) is 70.2 Å². The minimum Gasteiger partial charge on any atom is -0.459 e. The highest BCUT2D eigenvalue weighted by atomic mass is 32.2. The quantitative estimate of drug-likeness (QED) is 0.538. The van der Waals surface area contributed by atoms with E-state index in [1.165, 1.54) is 22.7 Å². The van der Waals surface area contributed by atoms with Crippen LogP contribution in [0.2, 0.25) is 0 Å². The van der Waals surface area contributed by atoms with Crippen molar-refractivity contribution in [1.82, 2.24) is 4.31 Å². The zero-order valence-electron chi connectivity index (χ0n) is 19.1. The fourth-order valence-electron chi connectivity index (χ4n) is 3.78. The summed E-state index contributed by atoms with van der Waals surface area (Å²) in [6.45, 7) is 5.00. The van der Waals surface area contributed by atoms with Crippen molar-refractivity contribution in [2.45, 2.75) is 31.6 Å². The lowest BCUT2D eigenvalue weighted by Gasteiger charge is -2.29. The number of sulfonamides is 1. The second kappa shape index (κ2) is 9.82. The molecule has 4 rings (SSSR count). The summed E-state index contributed by atoms with van der Waals surface area (Å²) in [6.07, 6.45) is 3.12. The first kappa shape index (κ1) is 23.7. The zero-order valence-corrected chi connectivity index (χ0v) is 19.9. The number of amides is 2. The lowest BCUT2D eigenvalue weighted by Crippen LogP contribution is -2.37. The van der Waals surface area contributed by atoms with Gasteiger partial charge in [0.25, 0.3) is 11.8 Å². The topological polar surface area (TPSA) is 109 Å². The molecule has 0 unspecified atom stereocenters. The van der Waals surface area contributed by atoms with Crippen molar-refractivity contribution in [1.29, 1.82) is 0 Å². The third-order valence-corrected chi connectivity index (χ3v) is 7.90. The van der Waals surface area contributed by atoms with Crippen LogP contribution in [0.5, 0.6) is 0 Å². The van der Waals surface area contributed by atoms with Crippen LogP contribution in [0.1, 0.15) is 46.2 Å². The van der Waals surface area contributed by atoms with Gasteiger partial charge in [0.1, 0.15) is 0 Å². The van der Waals surface area contributed by atoms with Gasteiger partial charge in [-0.1, -0.05) is 13.0 Å². The van der Waals surface area contributed by atoms with E-state index in [1.54, 1.807) is 42.5 Å². The molecule has 0 aliphatic carbocycles. The van der Waals surface area contributed by atoms with E-state index in [1.807, 2.05) is 6.92 Å². The lowest BCUT2D eigenvalue weighted by atomic mass is 10.0. The van der Waals surface area contributed by atoms with E-state index in [-0.39, 0.29) is 16.6 Å². The largest absolute Gasteiger partial charge is 0.459 e. The van der Waals surface area contributed by atoms with Crippen LogP contribution in [-0.2, 0) is 10.0 Å². The SMILES string of the molecule is Cc1ccc(C(=O)Nc2ccc(S(=O)(=O)N3CCC(C)CC3)cc2)cc1NC(=O)c1ccco1. The van der Waals surface area contributed by atoms with Crippen molar-refractivity contribution in [3.63, 3.8) is 0 Å². The third-order valence-electron chi connectivity index (χ3n) is 5.99. The number of aryl methyl sites for hydroxylation is 1. The number of nitrogens with zero attached hydrogens (tertiary/aromatic N) is 1. The molecule has 0 bridgehead atoms. The Morgan fingerprint density at radius 1 is 0.971 bits per heavy atom. The van der Waals surface area contributed by atoms with Crippen molar-refractivity contribution < 1.29 is 22.4 Å². The first-order valence-electron chi connectivity index (χ1n) is 11.1. The minimum atomic E-state index is -3.55. The van der Waals surface area contributed by atoms with Crippen LogP contribution in [0.4, 0.5) is 11.4 Å². The number of carbonyl (C=O) groups excluding carboxylic acids is 2. The van der Waals surface area contributed by atoms with Gasteiger partial charge in [0.2, 0.25) is 10.0 Å². The summed E-state index contributed by atoms with van der Waals surface area (Å²) in [4.78, 5) is 25.3. The van der Waals surface area contributed by atoms with E-state index in [0.717, 1.165) is 18.4 Å². The second-order valence-electron chi connectivity index (χ2n) is 8.53. The van der Waals surface area contributed by atoms with Crippen molar-refractivity contribution in [2.75, 3.05) is 23.7 Å². The molecule has 9 heteroatoms. The highest BCUT2D eigenvalue weighted by Gasteiger charge is 2.28. The maximum atomic E-state index is 12.9. The molecule has 178 valence electrons. The number of hydrogen-bond donors (Lipinski definition) is 2. The number of rotatable bonds is 6. The van der Waals surface area contributed by atoms with E-state index in [2.05, 4.69) is 17.6 Å². The number of benzene rings is 2. The molecule has 3 aromatic rings. The molecule has 0 spiro atoms. The van der Waals surface area contributed by atoms with Gasteiger partial charge in [-0.25, -0.2) is 8.42 Å². The monoisotopic (exact) mass is 481 g/mol. The van der Waals surface area contributed by atoms with Gasteiger partial charge < -0.3 is 15.1 Å². The van der Waals surface area contributed by atoms with Gasteiger partial charge in [-0.15, -0.1) is 0 Å². The Bertz CT molecular complexity index is 1280. The maximum Gasteiger partial charge on any atom is 0.291 e. The summed E-state index contributed by atoms with van der Waals surface area (Å²) in [5.41, 5.74) is 2.10. The van der Waals surface area contributed by atoms with Gasteiger partial charge >= 0.3 is 0 Å². The Morgan fingerprint density at radius 2 is 1.68 bits per heavy atom. The van der Waals surface area contributed by atoms with Crippen LogP contribution in [-0.4, -0.2) is 37.6 Å². The first-order chi connectivity index (χ1) is 16.2. The number of anilines is 2. The summed E-state index contributed by atoms with van der Waals surface area (Å²) >= 11 is 0. The number of nitrogens with one attached hydrogen (secondary N) is 2. The summed E-state index contributed by atoms with van der Waals surface area (Å²) in [6, 6.07) is 14.3. The second-order valence-corrected chi connectivity index (χ2v) is 10.5. The van der Waals surface area contributed by atoms with Crippen LogP contribution < -0.4 is 10.6 Å². The molecule has 2 N–H and O–H groups in total. The lowest BCUT2D eigenvalue weighted by molar-refractivity contribution is 0.0993. The highest BCUT2D eigenvalue weighted by Crippen LogP contribution is 2.25. The van der Waals surface area contributed by atoms with E-state index in [4.69, 9.17) is 4.42 Å². The molecule has 34 heavy (non-hydrogen) atoms. The summed E-state index contributed by atoms with van der Waals surface area (Å²) < 4.78 is 32.4. The van der Waals surface area contributed by atoms with Gasteiger partial charge in [0.15, 0.2) is 5.76 Å². The normalized spacial score (nSPS) is 15.1. The maximum absolute atomic E-state index is 12.9. The predicted molar refractivity (Wildman–Crippen MR) is 129 cm³/mol. The van der Waals surface area contributed by atoms with E-state index >= 15 is 0 Å². The Balaban J connectivity index is 1.44. The van der Waals surface area contributed by atoms with Gasteiger partial charge in [-0.2, -0.15) is 4.31 Å². The Morgan fingerprint density at radius 3 is 2.32 bits per heavy atom. The smallest absolute Gasteiger partial charge is 0.291 e. The Hall–Kier alpha value is -3.43. The molecule has 2 heterocycles. The molecule has 1 aromatic heterocycles. The van der Waals surface area contributed by atoms with Crippen molar-refractivity contribution in [3.05, 3.63) is 77.7 Å². The molecule has 2 aromatic carbocycles. The third kappa shape index (κ3) is 5.21. The molecular formula is C25H27N3O5S. The standard InChI is InChI=1S/C25H27N3O5S/c1-17-11-13-28(14-12-17)34(31,32)21-9-7-20(8-10-21)26-24(29)19-6-5-18(2)22(16-19)27-25(30)23-4-3-15-33-23/h3-10,15-17H,11-14H2,1-2H3,(H,26,29)(H,27,30).